The fourth-order valence-corrected chi connectivity index (χ4v) is 4.80. The van der Waals surface area contributed by atoms with Gasteiger partial charge in [0.15, 0.2) is 5.65 Å². The van der Waals surface area contributed by atoms with Gasteiger partial charge in [0.1, 0.15) is 17.1 Å². The summed E-state index contributed by atoms with van der Waals surface area (Å²) in [5, 5.41) is 23.5. The highest BCUT2D eigenvalue weighted by Crippen LogP contribution is 2.33. The number of hydrogen-bond acceptors (Lipinski definition) is 5. The largest absolute Gasteiger partial charge is 0.348 e. The number of H-pyrrole nitrogens is 1. The maximum atomic E-state index is 13.4. The summed E-state index contributed by atoms with van der Waals surface area (Å²) < 4.78 is 6.23. The molecule has 4 aromatic heterocycles. The molecule has 1 fully saturated rings. The molecule has 0 amide bonds. The average Bonchev–Trinajstić information content (AvgIpc) is 3.30. The predicted molar refractivity (Wildman–Crippen MR) is 131 cm³/mol. The van der Waals surface area contributed by atoms with Gasteiger partial charge in [-0.05, 0) is 43.0 Å². The third-order valence-corrected chi connectivity index (χ3v) is 6.88. The summed E-state index contributed by atoms with van der Waals surface area (Å²) in [5.74, 6) is 0.402. The van der Waals surface area contributed by atoms with E-state index in [4.69, 9.17) is 16.7 Å². The van der Waals surface area contributed by atoms with Gasteiger partial charge in [-0.1, -0.05) is 11.6 Å². The van der Waals surface area contributed by atoms with Crippen LogP contribution in [0.5, 0.6) is 0 Å². The molecular weight excluding hydrogens is 468 g/mol. The molecule has 1 aliphatic carbocycles. The summed E-state index contributed by atoms with van der Waals surface area (Å²) in [4.78, 5) is 26.5. The smallest absolute Gasteiger partial charge is 0.332 e. The molecule has 0 unspecified atom stereocenters. The number of hydrogen-bond donors (Lipinski definition) is 1. The second-order valence-electron chi connectivity index (χ2n) is 9.10. The maximum Gasteiger partial charge on any atom is 0.332 e. The number of nitrogens with zero attached hydrogens (tertiary/aromatic N) is 7. The summed E-state index contributed by atoms with van der Waals surface area (Å²) in [6, 6.07) is 9.35. The minimum atomic E-state index is -0.423. The molecule has 0 saturated heterocycles. The van der Waals surface area contributed by atoms with E-state index < -0.39 is 5.56 Å². The van der Waals surface area contributed by atoms with Crippen molar-refractivity contribution >= 4 is 33.5 Å². The van der Waals surface area contributed by atoms with E-state index in [0.29, 0.717) is 51.2 Å². The summed E-state index contributed by atoms with van der Waals surface area (Å²) in [6.07, 6.45) is 3.80. The zero-order chi connectivity index (χ0) is 24.4. The Morgan fingerprint density at radius 2 is 2.03 bits per heavy atom. The normalized spacial score (nSPS) is 13.7. The van der Waals surface area contributed by atoms with Crippen molar-refractivity contribution in [2.45, 2.75) is 25.9 Å². The Hall–Kier alpha value is -4.10. The molecule has 6 rings (SSSR count). The van der Waals surface area contributed by atoms with E-state index in [1.165, 1.54) is 7.05 Å². The summed E-state index contributed by atoms with van der Waals surface area (Å²) in [7, 11) is 3.30. The molecule has 0 bridgehead atoms. The first-order valence-electron chi connectivity index (χ1n) is 11.3. The zero-order valence-corrected chi connectivity index (χ0v) is 19.9. The lowest BCUT2D eigenvalue weighted by molar-refractivity contribution is 0.571. The van der Waals surface area contributed by atoms with Crippen molar-refractivity contribution in [3.8, 4) is 17.5 Å². The van der Waals surface area contributed by atoms with E-state index in [1.807, 2.05) is 19.2 Å². The van der Waals surface area contributed by atoms with Crippen molar-refractivity contribution < 1.29 is 0 Å². The number of nitriles is 1. The highest BCUT2D eigenvalue weighted by Gasteiger charge is 2.28. The minimum absolute atomic E-state index is 0.234. The van der Waals surface area contributed by atoms with E-state index in [-0.39, 0.29) is 12.2 Å². The molecular formula is C24H21ClN8O2. The van der Waals surface area contributed by atoms with Crippen LogP contribution < -0.4 is 11.2 Å². The van der Waals surface area contributed by atoms with Gasteiger partial charge in [-0.15, -0.1) is 0 Å². The molecule has 5 aromatic rings. The second-order valence-corrected chi connectivity index (χ2v) is 9.54. The lowest BCUT2D eigenvalue weighted by Gasteiger charge is -2.09. The van der Waals surface area contributed by atoms with Crippen molar-refractivity contribution in [2.24, 2.45) is 20.0 Å². The Kier molecular flexibility index (Phi) is 4.72. The maximum absolute atomic E-state index is 13.4. The Balaban J connectivity index is 1.66. The standard InChI is InChI=1S/C24H21ClN8O2/c1-30-10-14(9-26)7-19(30)21-20-22(32(11-13-3-4-13)24(35)31(2)23(20)34)29-33(21)12-18-16-8-15(25)5-6-17(16)27-28-18/h5-8,10,13H,3-4,11-12H2,1-2H3,(H,27,28). The van der Waals surface area contributed by atoms with Crippen LogP contribution in [0.3, 0.4) is 0 Å². The quantitative estimate of drug-likeness (QED) is 0.408. The Labute approximate surface area is 203 Å². The fourth-order valence-electron chi connectivity index (χ4n) is 4.62. The van der Waals surface area contributed by atoms with E-state index >= 15 is 0 Å². The molecule has 0 atom stereocenters. The molecule has 1 aromatic carbocycles. The van der Waals surface area contributed by atoms with Crippen LogP contribution in [0, 0.1) is 17.2 Å². The van der Waals surface area contributed by atoms with Crippen LogP contribution in [0.25, 0.3) is 33.3 Å². The summed E-state index contributed by atoms with van der Waals surface area (Å²) >= 11 is 6.23. The fraction of sp³-hybridized carbons (Fsp3) is 0.292. The lowest BCUT2D eigenvalue weighted by atomic mass is 10.2. The summed E-state index contributed by atoms with van der Waals surface area (Å²) in [5.41, 5.74) is 2.71. The van der Waals surface area contributed by atoms with E-state index in [1.54, 1.807) is 32.1 Å². The van der Waals surface area contributed by atoms with Gasteiger partial charge in [0.25, 0.3) is 5.56 Å². The monoisotopic (exact) mass is 488 g/mol. The first kappa shape index (κ1) is 21.4. The van der Waals surface area contributed by atoms with Crippen LogP contribution in [0.2, 0.25) is 5.02 Å². The van der Waals surface area contributed by atoms with Crippen molar-refractivity contribution in [3.63, 3.8) is 0 Å². The van der Waals surface area contributed by atoms with E-state index in [0.717, 1.165) is 28.3 Å². The van der Waals surface area contributed by atoms with Crippen LogP contribution in [-0.4, -0.2) is 33.7 Å². The van der Waals surface area contributed by atoms with E-state index in [9.17, 15) is 14.9 Å². The molecule has 0 aliphatic heterocycles. The number of aromatic amines is 1. The molecule has 11 heteroatoms. The van der Waals surface area contributed by atoms with Gasteiger partial charge in [-0.25, -0.2) is 4.79 Å². The van der Waals surface area contributed by atoms with Crippen molar-refractivity contribution in [2.75, 3.05) is 0 Å². The first-order chi connectivity index (χ1) is 16.9. The van der Waals surface area contributed by atoms with Crippen molar-refractivity contribution in [1.82, 2.24) is 33.7 Å². The molecule has 1 aliphatic rings. The van der Waals surface area contributed by atoms with Crippen molar-refractivity contribution in [3.05, 3.63) is 67.6 Å². The van der Waals surface area contributed by atoms with Gasteiger partial charge in [-0.3, -0.25) is 23.7 Å². The number of fused-ring (bicyclic) bond motifs is 2. The van der Waals surface area contributed by atoms with Crippen LogP contribution in [0.4, 0.5) is 0 Å². The third-order valence-electron chi connectivity index (χ3n) is 6.64. The Bertz CT molecular complexity index is 1810. The highest BCUT2D eigenvalue weighted by molar-refractivity contribution is 6.31. The molecule has 1 saturated carbocycles. The molecule has 176 valence electrons. The number of aryl methyl sites for hydroxylation is 1. The number of nitrogens with one attached hydrogen (secondary N) is 1. The topological polar surface area (TPSA) is 119 Å². The van der Waals surface area contributed by atoms with Gasteiger partial charge in [0.05, 0.1) is 29.0 Å². The summed E-state index contributed by atoms with van der Waals surface area (Å²) in [6.45, 7) is 0.746. The van der Waals surface area contributed by atoms with Crippen LogP contribution >= 0.6 is 11.6 Å². The predicted octanol–water partition coefficient (Wildman–Crippen LogP) is 2.76. The van der Waals surface area contributed by atoms with Crippen molar-refractivity contribution in [1.29, 1.82) is 5.26 Å². The Morgan fingerprint density at radius 3 is 2.74 bits per heavy atom. The van der Waals surface area contributed by atoms with Gasteiger partial charge in [-0.2, -0.15) is 15.5 Å². The third kappa shape index (κ3) is 3.39. The number of aromatic nitrogens is 7. The molecule has 4 heterocycles. The molecule has 1 N–H and O–H groups in total. The number of benzene rings is 1. The number of rotatable bonds is 5. The van der Waals surface area contributed by atoms with E-state index in [2.05, 4.69) is 16.3 Å². The SMILES string of the molecule is Cn1cc(C#N)cc1-c1c2c(=O)n(C)c(=O)n(CC3CC3)c2nn1Cc1n[nH]c2ccc(Cl)cc12. The zero-order valence-electron chi connectivity index (χ0n) is 19.1. The first-order valence-corrected chi connectivity index (χ1v) is 11.6. The number of halogens is 1. The Morgan fingerprint density at radius 1 is 1.23 bits per heavy atom. The van der Waals surface area contributed by atoms with Gasteiger partial charge >= 0.3 is 5.69 Å². The minimum Gasteiger partial charge on any atom is -0.348 e. The second kappa shape index (κ2) is 7.71. The molecule has 0 radical (unpaired) electrons. The van der Waals surface area contributed by atoms with Crippen LogP contribution in [0.1, 0.15) is 24.1 Å². The average molecular weight is 489 g/mol. The van der Waals surface area contributed by atoms with Gasteiger partial charge in [0.2, 0.25) is 0 Å². The van der Waals surface area contributed by atoms with Gasteiger partial charge in [0, 0.05) is 37.2 Å². The van der Waals surface area contributed by atoms with Gasteiger partial charge < -0.3 is 4.57 Å². The molecule has 35 heavy (non-hydrogen) atoms. The molecule has 0 spiro atoms. The highest BCUT2D eigenvalue weighted by atomic mass is 35.5. The van der Waals surface area contributed by atoms with Crippen LogP contribution in [-0.2, 0) is 27.2 Å². The lowest BCUT2D eigenvalue weighted by Crippen LogP contribution is -2.38. The van der Waals surface area contributed by atoms with Crippen LogP contribution in [0.15, 0.2) is 40.1 Å². The molecule has 10 nitrogen and oxygen atoms in total.